The van der Waals surface area contributed by atoms with Crippen molar-refractivity contribution in [1.29, 1.82) is 0 Å². The molecule has 6 amide bonds. The summed E-state index contributed by atoms with van der Waals surface area (Å²) in [7, 11) is 0. The van der Waals surface area contributed by atoms with Gasteiger partial charge in [-0.15, -0.1) is 0 Å². The molecule has 1 aliphatic carbocycles. The van der Waals surface area contributed by atoms with E-state index in [2.05, 4.69) is 36.6 Å². The van der Waals surface area contributed by atoms with Gasteiger partial charge in [0.25, 0.3) is 0 Å². The van der Waals surface area contributed by atoms with Crippen LogP contribution in [0.1, 0.15) is 88.2 Å². The molecule has 0 bridgehead atoms. The van der Waals surface area contributed by atoms with Crippen molar-refractivity contribution in [3.05, 3.63) is 78.0 Å². The van der Waals surface area contributed by atoms with Gasteiger partial charge in [-0.2, -0.15) is 0 Å². The summed E-state index contributed by atoms with van der Waals surface area (Å²) in [4.78, 5) is 93.4. The number of nitrogens with zero attached hydrogens (tertiary/aromatic N) is 2. The molecular formula is C45H60N10O6. The van der Waals surface area contributed by atoms with Gasteiger partial charge in [-0.05, 0) is 74.1 Å². The minimum absolute atomic E-state index is 0.0958. The van der Waals surface area contributed by atoms with Gasteiger partial charge in [0.15, 0.2) is 5.96 Å². The first-order chi connectivity index (χ1) is 29.5. The largest absolute Gasteiger partial charge is 0.370 e. The fourth-order valence-electron chi connectivity index (χ4n) is 8.66. The fraction of sp³-hybridized carbons (Fsp3) is 0.489. The van der Waals surface area contributed by atoms with Crippen molar-refractivity contribution in [3.63, 3.8) is 0 Å². The molecule has 5 atom stereocenters. The second-order valence-corrected chi connectivity index (χ2v) is 16.4. The number of nitrogens with one attached hydrogen (secondary N) is 6. The summed E-state index contributed by atoms with van der Waals surface area (Å²) < 4.78 is 0. The molecule has 2 aliphatic heterocycles. The Morgan fingerprint density at radius 1 is 0.787 bits per heavy atom. The van der Waals surface area contributed by atoms with E-state index in [4.69, 9.17) is 11.5 Å². The lowest BCUT2D eigenvalue weighted by Crippen LogP contribution is -2.59. The normalized spacial score (nSPS) is 23.9. The maximum atomic E-state index is 14.5. The van der Waals surface area contributed by atoms with Crippen molar-refractivity contribution in [3.8, 4) is 0 Å². The van der Waals surface area contributed by atoms with E-state index in [0.717, 1.165) is 54.1 Å². The Morgan fingerprint density at radius 3 is 2.30 bits per heavy atom. The van der Waals surface area contributed by atoms with Crippen molar-refractivity contribution in [1.82, 2.24) is 36.5 Å². The number of H-pyrrole nitrogens is 1. The van der Waals surface area contributed by atoms with Crippen LogP contribution in [0.25, 0.3) is 17.0 Å². The van der Waals surface area contributed by atoms with Crippen LogP contribution in [-0.4, -0.2) is 101 Å². The molecule has 1 saturated carbocycles. The van der Waals surface area contributed by atoms with Gasteiger partial charge in [-0.1, -0.05) is 80.6 Å². The number of rotatable bonds is 11. The van der Waals surface area contributed by atoms with E-state index in [-0.39, 0.29) is 44.2 Å². The highest BCUT2D eigenvalue weighted by molar-refractivity contribution is 5.98. The average molecular weight is 837 g/mol. The number of carbonyl (C=O) groups is 6. The van der Waals surface area contributed by atoms with Crippen LogP contribution in [0.5, 0.6) is 0 Å². The first-order valence-corrected chi connectivity index (χ1v) is 21.7. The van der Waals surface area contributed by atoms with Gasteiger partial charge in [-0.3, -0.25) is 33.8 Å². The summed E-state index contributed by atoms with van der Waals surface area (Å²) in [5.41, 5.74) is 13.5. The van der Waals surface area contributed by atoms with Crippen LogP contribution in [-0.2, 0) is 35.2 Å². The summed E-state index contributed by atoms with van der Waals surface area (Å²) in [6.45, 7) is 0.647. The smallest absolute Gasteiger partial charge is 0.245 e. The highest BCUT2D eigenvalue weighted by Gasteiger charge is 2.40. The molecule has 3 heterocycles. The summed E-state index contributed by atoms with van der Waals surface area (Å²) in [5, 5.41) is 15.5. The van der Waals surface area contributed by atoms with Crippen molar-refractivity contribution >= 4 is 58.4 Å². The number of carbonyl (C=O) groups excluding carboxylic acids is 6. The lowest BCUT2D eigenvalue weighted by molar-refractivity contribution is -0.142. The summed E-state index contributed by atoms with van der Waals surface area (Å²) >= 11 is 0. The zero-order valence-corrected chi connectivity index (χ0v) is 34.7. The van der Waals surface area contributed by atoms with Crippen LogP contribution < -0.4 is 38.1 Å². The molecule has 3 fully saturated rings. The molecule has 16 heteroatoms. The minimum atomic E-state index is -1.12. The monoisotopic (exact) mass is 836 g/mol. The molecule has 10 N–H and O–H groups in total. The third kappa shape index (κ3) is 12.7. The van der Waals surface area contributed by atoms with Crippen LogP contribution in [0.3, 0.4) is 0 Å². The van der Waals surface area contributed by atoms with Gasteiger partial charge in [-0.25, -0.2) is 0 Å². The second kappa shape index (κ2) is 21.9. The van der Waals surface area contributed by atoms with Gasteiger partial charge in [0.2, 0.25) is 35.4 Å². The van der Waals surface area contributed by atoms with Crippen LogP contribution in [0.4, 0.5) is 0 Å². The van der Waals surface area contributed by atoms with Crippen LogP contribution >= 0.6 is 0 Å². The quantitative estimate of drug-likeness (QED) is 0.0615. The lowest BCUT2D eigenvalue weighted by Gasteiger charge is -2.32. The highest BCUT2D eigenvalue weighted by atomic mass is 16.2. The molecule has 16 nitrogen and oxygen atoms in total. The number of aliphatic imine (C=N–C) groups is 1. The second-order valence-electron chi connectivity index (χ2n) is 16.4. The van der Waals surface area contributed by atoms with Crippen LogP contribution in [0.2, 0.25) is 0 Å². The summed E-state index contributed by atoms with van der Waals surface area (Å²) in [6.07, 6.45) is 12.2. The van der Waals surface area contributed by atoms with E-state index in [1.807, 2.05) is 54.6 Å². The molecule has 326 valence electrons. The van der Waals surface area contributed by atoms with Gasteiger partial charge in [0, 0.05) is 49.2 Å². The molecule has 2 saturated heterocycles. The molecular weight excluding hydrogens is 777 g/mol. The standard InChI is InChI=1S/C45H60N10O6/c46-45(47)49-24-9-18-34-40(57)48-23-10-19-35(51-39(56)22-21-29-12-3-1-4-13-29)44(61)55-25-11-20-38(55)43(60)54-36(26-30-14-5-2-6-15-30)41(58)53-37(42(59)52-34)27-31-28-50-33-17-8-7-16-32(31)33/h1,3-4,7-8,12-13,16-17,21-22,28,30,34-38,50H,2,5-6,9-11,14-15,18-20,23-27H2,(H,48,57)(H,51,56)(H,52,59)(H,53,58)(H,54,60)(H4,46,47,49)/b22-21+/t34-,35-,36+,37-,38-/m0/s1. The zero-order valence-electron chi connectivity index (χ0n) is 34.7. The van der Waals surface area contributed by atoms with E-state index in [9.17, 15) is 28.8 Å². The SMILES string of the molecule is NC(N)=NCCC[C@@H]1NC(=O)[C@H](Cc2c[nH]c3ccccc23)NC(=O)[C@@H](CC2CCCCC2)NC(=O)[C@@H]2CCCN2C(=O)[C@@H](NC(=O)/C=C/c2ccccc2)CCCNC1=O. The zero-order chi connectivity index (χ0) is 43.1. The fourth-order valence-corrected chi connectivity index (χ4v) is 8.66. The Balaban J connectivity index is 1.30. The highest BCUT2D eigenvalue weighted by Crippen LogP contribution is 2.28. The number of aromatic amines is 1. The number of benzene rings is 2. The van der Waals surface area contributed by atoms with Crippen molar-refractivity contribution < 1.29 is 28.8 Å². The molecule has 1 aromatic heterocycles. The van der Waals surface area contributed by atoms with E-state index in [1.54, 1.807) is 12.3 Å². The maximum Gasteiger partial charge on any atom is 0.245 e. The molecule has 3 aromatic rings. The Kier molecular flexibility index (Phi) is 15.9. The van der Waals surface area contributed by atoms with E-state index >= 15 is 0 Å². The number of guanidine groups is 1. The van der Waals surface area contributed by atoms with Gasteiger partial charge < -0.3 is 47.9 Å². The molecule has 0 spiro atoms. The molecule has 3 aliphatic rings. The third-order valence-electron chi connectivity index (χ3n) is 11.9. The van der Waals surface area contributed by atoms with Gasteiger partial charge >= 0.3 is 0 Å². The Hall–Kier alpha value is -6.19. The number of para-hydroxylation sites is 1. The molecule has 0 radical (unpaired) electrons. The Morgan fingerprint density at radius 2 is 1.51 bits per heavy atom. The predicted octanol–water partition coefficient (Wildman–Crippen LogP) is 2.29. The number of hydrogen-bond acceptors (Lipinski definition) is 7. The summed E-state index contributed by atoms with van der Waals surface area (Å²) in [6, 6.07) is 11.9. The van der Waals surface area contributed by atoms with E-state index in [0.29, 0.717) is 38.6 Å². The first-order valence-electron chi connectivity index (χ1n) is 21.7. The van der Waals surface area contributed by atoms with Gasteiger partial charge in [0.1, 0.15) is 30.2 Å². The predicted molar refractivity (Wildman–Crippen MR) is 233 cm³/mol. The van der Waals surface area contributed by atoms with Crippen LogP contribution in [0, 0.1) is 5.92 Å². The molecule has 61 heavy (non-hydrogen) atoms. The minimum Gasteiger partial charge on any atom is -0.370 e. The van der Waals surface area contributed by atoms with Crippen molar-refractivity contribution in [2.75, 3.05) is 19.6 Å². The topological polar surface area (TPSA) is 246 Å². The lowest BCUT2D eigenvalue weighted by atomic mass is 9.84. The summed E-state index contributed by atoms with van der Waals surface area (Å²) in [5.74, 6) is -2.83. The third-order valence-corrected chi connectivity index (χ3v) is 11.9. The molecule has 0 unspecified atom stereocenters. The van der Waals surface area contributed by atoms with Crippen LogP contribution in [0.15, 0.2) is 71.9 Å². The number of nitrogens with two attached hydrogens (primary N) is 2. The molecule has 6 rings (SSSR count). The number of amides is 6. The first kappa shape index (κ1) is 44.4. The van der Waals surface area contributed by atoms with Gasteiger partial charge in [0.05, 0.1) is 0 Å². The van der Waals surface area contributed by atoms with E-state index < -0.39 is 65.7 Å². The average Bonchev–Trinajstić information content (AvgIpc) is 3.92. The number of fused-ring (bicyclic) bond motifs is 2. The maximum absolute atomic E-state index is 14.5. The molecule has 2 aromatic carbocycles. The number of aromatic nitrogens is 1. The van der Waals surface area contributed by atoms with Crippen molar-refractivity contribution in [2.24, 2.45) is 22.4 Å². The Bertz CT molecular complexity index is 2060. The Labute approximate surface area is 356 Å². The number of hydrogen-bond donors (Lipinski definition) is 8. The van der Waals surface area contributed by atoms with E-state index in [1.165, 1.54) is 11.0 Å². The van der Waals surface area contributed by atoms with Crippen molar-refractivity contribution in [2.45, 2.75) is 114 Å².